The monoisotopic (exact) mass is 341 g/mol. The fraction of sp³-hybridized carbons (Fsp3) is 0.353. The predicted octanol–water partition coefficient (Wildman–Crippen LogP) is 1.32. The Morgan fingerprint density at radius 3 is 2.80 bits per heavy atom. The number of hydrazine groups is 1. The van der Waals surface area contributed by atoms with Crippen LogP contribution in [0.3, 0.4) is 0 Å². The number of nitrogens with one attached hydrogen (secondary N) is 1. The molecule has 0 saturated carbocycles. The minimum Gasteiger partial charge on any atom is -0.379 e. The Morgan fingerprint density at radius 2 is 2.12 bits per heavy atom. The van der Waals surface area contributed by atoms with Crippen LogP contribution in [-0.4, -0.2) is 53.3 Å². The number of morpholine rings is 1. The minimum atomic E-state index is -0.620. The number of hydrogen-bond acceptors (Lipinski definition) is 5. The van der Waals surface area contributed by atoms with Gasteiger partial charge in [0.05, 0.1) is 30.0 Å². The number of fused-ring (bicyclic) bond motifs is 3. The van der Waals surface area contributed by atoms with E-state index in [9.17, 15) is 9.59 Å². The third-order valence-corrected chi connectivity index (χ3v) is 4.65. The van der Waals surface area contributed by atoms with E-state index in [1.54, 1.807) is 6.07 Å². The van der Waals surface area contributed by atoms with Gasteiger partial charge in [0, 0.05) is 24.3 Å². The lowest BCUT2D eigenvalue weighted by Gasteiger charge is -2.36. The maximum Gasteiger partial charge on any atom is 0.334 e. The molecule has 3 N–H and O–H groups in total. The summed E-state index contributed by atoms with van der Waals surface area (Å²) in [7, 11) is 0. The lowest BCUT2D eigenvalue weighted by molar-refractivity contribution is 0.0364. The van der Waals surface area contributed by atoms with Gasteiger partial charge < -0.3 is 10.5 Å². The smallest absolute Gasteiger partial charge is 0.334 e. The Morgan fingerprint density at radius 1 is 1.36 bits per heavy atom. The molecule has 1 aliphatic heterocycles. The first-order valence-corrected chi connectivity index (χ1v) is 8.31. The molecule has 1 aromatic heterocycles. The highest BCUT2D eigenvalue weighted by atomic mass is 16.5. The molecule has 1 fully saturated rings. The molecule has 8 heteroatoms. The molecule has 0 spiro atoms. The van der Waals surface area contributed by atoms with Crippen LogP contribution in [0.4, 0.5) is 10.5 Å². The van der Waals surface area contributed by atoms with Gasteiger partial charge in [0.25, 0.3) is 0 Å². The summed E-state index contributed by atoms with van der Waals surface area (Å²) in [5, 5.41) is 10.4. The van der Waals surface area contributed by atoms with Crippen molar-refractivity contribution in [3.05, 3.63) is 35.0 Å². The Hall–Kier alpha value is -2.71. The summed E-state index contributed by atoms with van der Waals surface area (Å²) < 4.78 is 5.35. The largest absolute Gasteiger partial charge is 0.379 e. The molecule has 2 aliphatic rings. The molecule has 8 nitrogen and oxygen atoms in total. The molecule has 1 saturated heterocycles. The number of benzene rings is 1. The van der Waals surface area contributed by atoms with E-state index in [0.717, 1.165) is 11.3 Å². The molecule has 1 aromatic carbocycles. The average molecular weight is 341 g/mol. The highest BCUT2D eigenvalue weighted by Crippen LogP contribution is 2.41. The fourth-order valence-electron chi connectivity index (χ4n) is 3.52. The molecule has 2 amide bonds. The summed E-state index contributed by atoms with van der Waals surface area (Å²) in [5.41, 5.74) is 9.40. The number of H-pyrrole nitrogens is 1. The second-order valence-corrected chi connectivity index (χ2v) is 6.02. The number of rotatable bonds is 3. The van der Waals surface area contributed by atoms with Crippen molar-refractivity contribution >= 4 is 17.5 Å². The number of anilines is 1. The van der Waals surface area contributed by atoms with Crippen LogP contribution < -0.4 is 10.7 Å². The van der Waals surface area contributed by atoms with Gasteiger partial charge in [0.1, 0.15) is 5.69 Å². The zero-order chi connectivity index (χ0) is 17.6. The number of aromatic amines is 1. The van der Waals surface area contributed by atoms with Crippen molar-refractivity contribution in [1.29, 1.82) is 0 Å². The molecule has 25 heavy (non-hydrogen) atoms. The van der Waals surface area contributed by atoms with E-state index in [4.69, 9.17) is 10.5 Å². The van der Waals surface area contributed by atoms with E-state index in [1.807, 2.05) is 24.1 Å². The number of aryl methyl sites for hydroxylation is 1. The summed E-state index contributed by atoms with van der Waals surface area (Å²) in [6.45, 7) is 4.05. The molecule has 0 atom stereocenters. The van der Waals surface area contributed by atoms with E-state index in [0.29, 0.717) is 55.2 Å². The highest BCUT2D eigenvalue weighted by molar-refractivity contribution is 6.25. The van der Waals surface area contributed by atoms with Crippen LogP contribution in [0.1, 0.15) is 28.5 Å². The number of ether oxygens (including phenoxy) is 1. The second kappa shape index (κ2) is 5.98. The highest BCUT2D eigenvalue weighted by Gasteiger charge is 2.37. The lowest BCUT2D eigenvalue weighted by atomic mass is 10.1. The summed E-state index contributed by atoms with van der Waals surface area (Å²) in [6, 6.07) is 4.79. The number of carbonyl (C=O) groups is 2. The molecular formula is C17H19N5O3. The number of nitrogens with zero attached hydrogens (tertiary/aromatic N) is 3. The first-order valence-electron chi connectivity index (χ1n) is 8.31. The van der Waals surface area contributed by atoms with E-state index in [-0.39, 0.29) is 5.78 Å². The van der Waals surface area contributed by atoms with E-state index in [2.05, 4.69) is 10.2 Å². The SMILES string of the molecule is CCc1[nH]nc2c1C(=O)c1c-2cccc1N(C(N)=O)N1CCOCC1. The van der Waals surface area contributed by atoms with Gasteiger partial charge >= 0.3 is 6.03 Å². The maximum absolute atomic E-state index is 13.1. The molecule has 0 radical (unpaired) electrons. The number of urea groups is 1. The van der Waals surface area contributed by atoms with E-state index >= 15 is 0 Å². The maximum atomic E-state index is 13.1. The summed E-state index contributed by atoms with van der Waals surface area (Å²) in [5.74, 6) is -0.120. The van der Waals surface area contributed by atoms with Crippen LogP contribution in [0.5, 0.6) is 0 Å². The Labute approximate surface area is 144 Å². The Balaban J connectivity index is 1.84. The first-order chi connectivity index (χ1) is 12.1. The lowest BCUT2D eigenvalue weighted by Crippen LogP contribution is -2.54. The van der Waals surface area contributed by atoms with Gasteiger partial charge in [-0.05, 0) is 12.5 Å². The second-order valence-electron chi connectivity index (χ2n) is 6.02. The number of nitrogens with two attached hydrogens (primary N) is 1. The molecular weight excluding hydrogens is 322 g/mol. The van der Waals surface area contributed by atoms with Crippen LogP contribution in [0.25, 0.3) is 11.3 Å². The van der Waals surface area contributed by atoms with Crippen molar-refractivity contribution < 1.29 is 14.3 Å². The molecule has 1 aliphatic carbocycles. The topological polar surface area (TPSA) is 105 Å². The van der Waals surface area contributed by atoms with Gasteiger partial charge in [-0.1, -0.05) is 19.1 Å². The third-order valence-electron chi connectivity index (χ3n) is 4.65. The Kier molecular flexibility index (Phi) is 3.78. The number of ketones is 1. The molecule has 0 bridgehead atoms. The van der Waals surface area contributed by atoms with E-state index in [1.165, 1.54) is 5.01 Å². The van der Waals surface area contributed by atoms with Crippen molar-refractivity contribution in [3.63, 3.8) is 0 Å². The summed E-state index contributed by atoms with van der Waals surface area (Å²) in [4.78, 5) is 25.3. The van der Waals surface area contributed by atoms with Gasteiger partial charge in [-0.2, -0.15) is 5.10 Å². The molecule has 2 heterocycles. The number of primary amides is 1. The zero-order valence-electron chi connectivity index (χ0n) is 13.9. The van der Waals surface area contributed by atoms with Crippen molar-refractivity contribution in [2.45, 2.75) is 13.3 Å². The molecule has 2 aromatic rings. The minimum absolute atomic E-state index is 0.120. The molecule has 0 unspecified atom stereocenters. The standard InChI is InChI=1S/C17H19N5O3/c1-2-11-14-15(20-19-11)10-4-3-5-12(13(10)16(14)23)22(17(18)24)21-6-8-25-9-7-21/h3-5H,2,6-9H2,1H3,(H2,18,24)(H,19,20). The van der Waals surface area contributed by atoms with E-state index < -0.39 is 6.03 Å². The van der Waals surface area contributed by atoms with Crippen LogP contribution in [0.15, 0.2) is 18.2 Å². The van der Waals surface area contributed by atoms with Crippen LogP contribution >= 0.6 is 0 Å². The average Bonchev–Trinajstić information content (AvgIpc) is 3.16. The summed E-state index contributed by atoms with van der Waals surface area (Å²) in [6.07, 6.45) is 0.681. The van der Waals surface area contributed by atoms with Crippen LogP contribution in [0, 0.1) is 0 Å². The van der Waals surface area contributed by atoms with Crippen molar-refractivity contribution in [3.8, 4) is 11.3 Å². The van der Waals surface area contributed by atoms with Gasteiger partial charge in [0.15, 0.2) is 5.78 Å². The normalized spacial score (nSPS) is 16.6. The van der Waals surface area contributed by atoms with Crippen molar-refractivity contribution in [2.75, 3.05) is 31.3 Å². The number of amides is 2. The number of aromatic nitrogens is 2. The van der Waals surface area contributed by atoms with Crippen molar-refractivity contribution in [2.24, 2.45) is 5.73 Å². The van der Waals surface area contributed by atoms with Crippen LogP contribution in [0.2, 0.25) is 0 Å². The van der Waals surface area contributed by atoms with Gasteiger partial charge in [-0.3, -0.25) is 9.89 Å². The predicted molar refractivity (Wildman–Crippen MR) is 91.3 cm³/mol. The fourth-order valence-corrected chi connectivity index (χ4v) is 3.52. The quantitative estimate of drug-likeness (QED) is 0.747. The third kappa shape index (κ3) is 2.33. The number of hydrogen-bond donors (Lipinski definition) is 2. The van der Waals surface area contributed by atoms with Crippen molar-refractivity contribution in [1.82, 2.24) is 15.2 Å². The van der Waals surface area contributed by atoms with Gasteiger partial charge in [0.2, 0.25) is 0 Å². The molecule has 4 rings (SSSR count). The summed E-state index contributed by atoms with van der Waals surface area (Å²) >= 11 is 0. The van der Waals surface area contributed by atoms with Gasteiger partial charge in [-0.25, -0.2) is 14.8 Å². The first kappa shape index (κ1) is 15.8. The van der Waals surface area contributed by atoms with Crippen LogP contribution in [-0.2, 0) is 11.2 Å². The van der Waals surface area contributed by atoms with Gasteiger partial charge in [-0.15, -0.1) is 0 Å². The molecule has 130 valence electrons. The number of carbonyl (C=O) groups excluding carboxylic acids is 2. The zero-order valence-corrected chi connectivity index (χ0v) is 13.9. The Bertz CT molecular complexity index is 854.